The second-order valence-electron chi connectivity index (χ2n) is 4.79. The first-order valence-electron chi connectivity index (χ1n) is 6.33. The summed E-state index contributed by atoms with van der Waals surface area (Å²) in [6.07, 6.45) is 2.34. The number of benzene rings is 1. The van der Waals surface area contributed by atoms with Crippen LogP contribution < -0.4 is 4.90 Å². The summed E-state index contributed by atoms with van der Waals surface area (Å²) in [5, 5.41) is 0.776. The number of nitrogens with zero attached hydrogens (tertiary/aromatic N) is 1. The fraction of sp³-hybridized carbons (Fsp3) is 0.571. The first-order valence-corrected chi connectivity index (χ1v) is 7.24. The highest BCUT2D eigenvalue weighted by molar-refractivity contribution is 6.31. The van der Waals surface area contributed by atoms with E-state index in [-0.39, 0.29) is 0 Å². The van der Waals surface area contributed by atoms with Gasteiger partial charge in [-0.15, -0.1) is 11.6 Å². The number of piperidine rings is 1. The molecule has 2 rings (SSSR count). The van der Waals surface area contributed by atoms with Crippen LogP contribution in [-0.4, -0.2) is 26.8 Å². The first-order chi connectivity index (χ1) is 8.74. The van der Waals surface area contributed by atoms with Crippen molar-refractivity contribution < 1.29 is 4.74 Å². The quantitative estimate of drug-likeness (QED) is 0.778. The van der Waals surface area contributed by atoms with Crippen LogP contribution in [-0.2, 0) is 10.6 Å². The van der Waals surface area contributed by atoms with Crippen molar-refractivity contribution in [3.05, 3.63) is 28.8 Å². The molecule has 1 heterocycles. The summed E-state index contributed by atoms with van der Waals surface area (Å²) in [6.45, 7) is 2.97. The highest BCUT2D eigenvalue weighted by atomic mass is 35.5. The van der Waals surface area contributed by atoms with Gasteiger partial charge in [0.15, 0.2) is 0 Å². The Hall–Kier alpha value is -0.440. The lowest BCUT2D eigenvalue weighted by molar-refractivity contribution is 0.139. The van der Waals surface area contributed by atoms with E-state index < -0.39 is 0 Å². The minimum absolute atomic E-state index is 0.532. The molecule has 0 unspecified atom stereocenters. The fourth-order valence-electron chi connectivity index (χ4n) is 2.52. The van der Waals surface area contributed by atoms with Crippen LogP contribution in [0.25, 0.3) is 0 Å². The van der Waals surface area contributed by atoms with Crippen molar-refractivity contribution in [2.75, 3.05) is 31.7 Å². The molecule has 0 amide bonds. The molecule has 0 atom stereocenters. The molecule has 0 aromatic heterocycles. The van der Waals surface area contributed by atoms with Gasteiger partial charge >= 0.3 is 0 Å². The number of halogens is 2. The van der Waals surface area contributed by atoms with Crippen LogP contribution in [0.3, 0.4) is 0 Å². The SMILES string of the molecule is COCC1CCN(c2cc(Cl)ccc2CCl)CC1. The fourth-order valence-corrected chi connectivity index (χ4v) is 2.91. The van der Waals surface area contributed by atoms with Gasteiger partial charge in [0.25, 0.3) is 0 Å². The van der Waals surface area contributed by atoms with Gasteiger partial charge in [-0.2, -0.15) is 0 Å². The van der Waals surface area contributed by atoms with Crippen molar-refractivity contribution in [3.63, 3.8) is 0 Å². The lowest BCUT2D eigenvalue weighted by Crippen LogP contribution is -2.35. The largest absolute Gasteiger partial charge is 0.384 e. The molecule has 0 aliphatic carbocycles. The van der Waals surface area contributed by atoms with Crippen LogP contribution in [0, 0.1) is 5.92 Å². The molecule has 0 spiro atoms. The normalized spacial score (nSPS) is 17.2. The van der Waals surface area contributed by atoms with Crippen molar-refractivity contribution in [2.24, 2.45) is 5.92 Å². The molecule has 1 fully saturated rings. The second-order valence-corrected chi connectivity index (χ2v) is 5.50. The number of ether oxygens (including phenoxy) is 1. The molecule has 1 aliphatic heterocycles. The molecule has 1 saturated heterocycles. The van der Waals surface area contributed by atoms with E-state index in [1.807, 2.05) is 18.2 Å². The molecule has 0 saturated carbocycles. The predicted molar refractivity (Wildman–Crippen MR) is 77.8 cm³/mol. The Bertz CT molecular complexity index is 389. The summed E-state index contributed by atoms with van der Waals surface area (Å²) in [5.74, 6) is 1.22. The van der Waals surface area contributed by atoms with E-state index in [9.17, 15) is 0 Å². The molecule has 100 valence electrons. The topological polar surface area (TPSA) is 12.5 Å². The summed E-state index contributed by atoms with van der Waals surface area (Å²) in [4.78, 5) is 2.38. The third kappa shape index (κ3) is 3.31. The highest BCUT2D eigenvalue weighted by Crippen LogP contribution is 2.30. The zero-order chi connectivity index (χ0) is 13.0. The van der Waals surface area contributed by atoms with Crippen molar-refractivity contribution in [1.82, 2.24) is 0 Å². The van der Waals surface area contributed by atoms with E-state index in [4.69, 9.17) is 27.9 Å². The highest BCUT2D eigenvalue weighted by Gasteiger charge is 2.20. The summed E-state index contributed by atoms with van der Waals surface area (Å²) < 4.78 is 5.23. The molecule has 1 aromatic rings. The van der Waals surface area contributed by atoms with E-state index in [0.29, 0.717) is 11.8 Å². The molecule has 4 heteroatoms. The van der Waals surface area contributed by atoms with Crippen LogP contribution in [0.5, 0.6) is 0 Å². The maximum Gasteiger partial charge on any atom is 0.0494 e. The maximum atomic E-state index is 6.08. The maximum absolute atomic E-state index is 6.08. The minimum Gasteiger partial charge on any atom is -0.384 e. The molecule has 1 aromatic carbocycles. The summed E-state index contributed by atoms with van der Waals surface area (Å²) in [7, 11) is 1.77. The van der Waals surface area contributed by atoms with Crippen LogP contribution >= 0.6 is 23.2 Å². The molecule has 1 aliphatic rings. The van der Waals surface area contributed by atoms with Crippen LogP contribution in [0.2, 0.25) is 5.02 Å². The molecule has 0 bridgehead atoms. The Morgan fingerprint density at radius 1 is 1.33 bits per heavy atom. The average Bonchev–Trinajstić information content (AvgIpc) is 2.40. The lowest BCUT2D eigenvalue weighted by atomic mass is 9.97. The van der Waals surface area contributed by atoms with Gasteiger partial charge < -0.3 is 9.64 Å². The second kappa shape index (κ2) is 6.65. The Kier molecular flexibility index (Phi) is 5.16. The number of rotatable bonds is 4. The number of hydrogen-bond acceptors (Lipinski definition) is 2. The predicted octanol–water partition coefficient (Wildman–Crippen LogP) is 3.94. The summed E-state index contributed by atoms with van der Waals surface area (Å²) >= 11 is 12.1. The van der Waals surface area contributed by atoms with Crippen molar-refractivity contribution in [2.45, 2.75) is 18.7 Å². The van der Waals surface area contributed by atoms with Crippen LogP contribution in [0.15, 0.2) is 18.2 Å². The summed E-state index contributed by atoms with van der Waals surface area (Å²) in [5.41, 5.74) is 2.35. The summed E-state index contributed by atoms with van der Waals surface area (Å²) in [6, 6.07) is 5.95. The monoisotopic (exact) mass is 287 g/mol. The molecule has 0 radical (unpaired) electrons. The van der Waals surface area contributed by atoms with Gasteiger partial charge in [-0.25, -0.2) is 0 Å². The molecule has 2 nitrogen and oxygen atoms in total. The van der Waals surface area contributed by atoms with Gasteiger partial charge in [0.05, 0.1) is 0 Å². The third-order valence-corrected chi connectivity index (χ3v) is 4.07. The zero-order valence-electron chi connectivity index (χ0n) is 10.7. The Balaban J connectivity index is 2.06. The van der Waals surface area contributed by atoms with Crippen molar-refractivity contribution in [1.29, 1.82) is 0 Å². The van der Waals surface area contributed by atoms with Crippen LogP contribution in [0.1, 0.15) is 18.4 Å². The number of anilines is 1. The number of alkyl halides is 1. The molecule has 18 heavy (non-hydrogen) atoms. The van der Waals surface area contributed by atoms with E-state index in [2.05, 4.69) is 4.90 Å². The van der Waals surface area contributed by atoms with E-state index in [1.165, 1.54) is 18.5 Å². The average molecular weight is 288 g/mol. The Labute approximate surface area is 119 Å². The van der Waals surface area contributed by atoms with Gasteiger partial charge in [-0.05, 0) is 36.5 Å². The smallest absolute Gasteiger partial charge is 0.0494 e. The third-order valence-electron chi connectivity index (χ3n) is 3.55. The lowest BCUT2D eigenvalue weighted by Gasteiger charge is -2.34. The van der Waals surface area contributed by atoms with E-state index >= 15 is 0 Å². The van der Waals surface area contributed by atoms with Gasteiger partial charge in [0, 0.05) is 43.4 Å². The van der Waals surface area contributed by atoms with Crippen molar-refractivity contribution in [3.8, 4) is 0 Å². The number of hydrogen-bond donors (Lipinski definition) is 0. The molecule has 0 N–H and O–H groups in total. The van der Waals surface area contributed by atoms with Crippen LogP contribution in [0.4, 0.5) is 5.69 Å². The van der Waals surface area contributed by atoms with Gasteiger partial charge in [-0.1, -0.05) is 17.7 Å². The van der Waals surface area contributed by atoms with E-state index in [1.54, 1.807) is 7.11 Å². The zero-order valence-corrected chi connectivity index (χ0v) is 12.2. The van der Waals surface area contributed by atoms with Gasteiger partial charge in [0.1, 0.15) is 0 Å². The standard InChI is InChI=1S/C14H19Cl2NO/c1-18-10-11-4-6-17(7-5-11)14-8-13(16)3-2-12(14)9-15/h2-3,8,11H,4-7,9-10H2,1H3. The minimum atomic E-state index is 0.532. The first kappa shape index (κ1) is 14.0. The Morgan fingerprint density at radius 3 is 2.67 bits per heavy atom. The van der Waals surface area contributed by atoms with Gasteiger partial charge in [0.2, 0.25) is 0 Å². The molecular formula is C14H19Cl2NO. The molecular weight excluding hydrogens is 269 g/mol. The van der Waals surface area contributed by atoms with Crippen molar-refractivity contribution >= 4 is 28.9 Å². The van der Waals surface area contributed by atoms with Gasteiger partial charge in [-0.3, -0.25) is 0 Å². The van der Waals surface area contributed by atoms with E-state index in [0.717, 1.165) is 30.3 Å². The number of methoxy groups -OCH3 is 1. The Morgan fingerprint density at radius 2 is 2.06 bits per heavy atom.